The van der Waals surface area contributed by atoms with E-state index >= 15 is 0 Å². The molecule has 1 N–H and O–H groups in total. The highest BCUT2D eigenvalue weighted by molar-refractivity contribution is 6.07. The summed E-state index contributed by atoms with van der Waals surface area (Å²) < 4.78 is 10.9. The van der Waals surface area contributed by atoms with Crippen LogP contribution in [-0.2, 0) is 9.47 Å². The number of nitrogens with one attached hydrogen (secondary N) is 1. The van der Waals surface area contributed by atoms with Crippen LogP contribution in [0.15, 0.2) is 67.0 Å². The van der Waals surface area contributed by atoms with Crippen molar-refractivity contribution in [1.82, 2.24) is 20.3 Å². The Kier molecular flexibility index (Phi) is 8.99. The van der Waals surface area contributed by atoms with Crippen LogP contribution in [0.5, 0.6) is 0 Å². The lowest BCUT2D eigenvalue weighted by Gasteiger charge is -2.36. The van der Waals surface area contributed by atoms with Gasteiger partial charge in [0.25, 0.3) is 5.91 Å². The van der Waals surface area contributed by atoms with Crippen LogP contribution in [0.25, 0.3) is 11.3 Å². The number of benzene rings is 1. The molecule has 11 nitrogen and oxygen atoms in total. The Hall–Kier alpha value is -4.67. The number of rotatable bonds is 4. The van der Waals surface area contributed by atoms with Crippen LogP contribution in [0.3, 0.4) is 0 Å². The van der Waals surface area contributed by atoms with Crippen LogP contribution in [0.1, 0.15) is 51.9 Å². The van der Waals surface area contributed by atoms with Crippen LogP contribution in [-0.4, -0.2) is 70.3 Å². The third-order valence-corrected chi connectivity index (χ3v) is 6.12. The summed E-state index contributed by atoms with van der Waals surface area (Å²) in [6.07, 6.45) is 2.06. The molecule has 1 aliphatic rings. The number of ether oxygens (including phenoxy) is 2. The van der Waals surface area contributed by atoms with E-state index in [1.54, 1.807) is 62.2 Å². The first-order valence-corrected chi connectivity index (χ1v) is 13.8. The Balaban J connectivity index is 1.51. The second kappa shape index (κ2) is 12.5. The van der Waals surface area contributed by atoms with Gasteiger partial charge in [0.2, 0.25) is 0 Å². The van der Waals surface area contributed by atoms with E-state index < -0.39 is 23.2 Å². The maximum absolute atomic E-state index is 13.7. The Labute approximate surface area is 246 Å². The van der Waals surface area contributed by atoms with E-state index in [9.17, 15) is 14.4 Å². The Morgan fingerprint density at radius 1 is 0.833 bits per heavy atom. The highest BCUT2D eigenvalue weighted by atomic mass is 16.6. The lowest BCUT2D eigenvalue weighted by Crippen LogP contribution is -2.50. The molecule has 4 rings (SSSR count). The van der Waals surface area contributed by atoms with Crippen LogP contribution in [0.4, 0.5) is 21.1 Å². The van der Waals surface area contributed by atoms with Crippen LogP contribution < -0.4 is 15.3 Å². The molecule has 0 unspecified atom stereocenters. The van der Waals surface area contributed by atoms with Crippen LogP contribution >= 0.6 is 0 Å². The van der Waals surface area contributed by atoms with Crippen molar-refractivity contribution >= 4 is 29.6 Å². The van der Waals surface area contributed by atoms with Gasteiger partial charge < -0.3 is 19.3 Å². The molecule has 1 saturated heterocycles. The summed E-state index contributed by atoms with van der Waals surface area (Å²) in [5.74, 6) is 0.187. The maximum atomic E-state index is 13.7. The molecule has 1 fully saturated rings. The molecule has 1 aromatic carbocycles. The van der Waals surface area contributed by atoms with Gasteiger partial charge in [-0.2, -0.15) is 0 Å². The minimum absolute atomic E-state index is 0.269. The molecular formula is C31H38N6O5. The number of hydrogen-bond acceptors (Lipinski definition) is 8. The molecule has 0 radical (unpaired) electrons. The zero-order chi connectivity index (χ0) is 30.5. The van der Waals surface area contributed by atoms with Crippen molar-refractivity contribution in [3.05, 3.63) is 72.6 Å². The van der Waals surface area contributed by atoms with E-state index in [2.05, 4.69) is 15.4 Å². The Morgan fingerprint density at radius 3 is 2.14 bits per heavy atom. The lowest BCUT2D eigenvalue weighted by atomic mass is 10.1. The monoisotopic (exact) mass is 574 g/mol. The lowest BCUT2D eigenvalue weighted by molar-refractivity contribution is 0.0240. The predicted octanol–water partition coefficient (Wildman–Crippen LogP) is 5.29. The summed E-state index contributed by atoms with van der Waals surface area (Å²) in [6, 6.07) is 16.1. The van der Waals surface area contributed by atoms with Crippen molar-refractivity contribution < 1.29 is 23.9 Å². The molecule has 1 aliphatic heterocycles. The van der Waals surface area contributed by atoms with Gasteiger partial charge in [-0.3, -0.25) is 9.78 Å². The minimum Gasteiger partial charge on any atom is -0.444 e. The van der Waals surface area contributed by atoms with E-state index in [1.165, 1.54) is 6.20 Å². The molecule has 2 aromatic heterocycles. The second-order valence-electron chi connectivity index (χ2n) is 11.9. The van der Waals surface area contributed by atoms with Crippen LogP contribution in [0, 0.1) is 0 Å². The number of hydrazine groups is 1. The predicted molar refractivity (Wildman–Crippen MR) is 160 cm³/mol. The fourth-order valence-electron chi connectivity index (χ4n) is 4.24. The van der Waals surface area contributed by atoms with E-state index in [1.807, 2.05) is 49.9 Å². The van der Waals surface area contributed by atoms with Crippen molar-refractivity contribution in [2.24, 2.45) is 0 Å². The summed E-state index contributed by atoms with van der Waals surface area (Å²) in [5.41, 5.74) is 3.47. The van der Waals surface area contributed by atoms with Crippen molar-refractivity contribution in [3.8, 4) is 11.3 Å². The van der Waals surface area contributed by atoms with Crippen molar-refractivity contribution in [1.29, 1.82) is 0 Å². The average molecular weight is 575 g/mol. The van der Waals surface area contributed by atoms with E-state index in [4.69, 9.17) is 9.47 Å². The number of carbonyl (C=O) groups is 3. The molecule has 11 heteroatoms. The maximum Gasteiger partial charge on any atom is 0.427 e. The standard InChI is InChI=1S/C31H38N6O5/c1-30(2,3)41-28(39)34-37(24-11-9-10-22(20-24)25-12-7-8-15-32-25)27(38)23-13-14-26(33-21-23)35-16-18-36(19-17-35)29(40)42-31(4,5)6/h7-15,20-21H,16-19H2,1-6H3,(H,34,39). The van der Waals surface area contributed by atoms with E-state index in [-0.39, 0.29) is 11.7 Å². The van der Waals surface area contributed by atoms with Gasteiger partial charge in [0.1, 0.15) is 17.0 Å². The minimum atomic E-state index is -0.772. The molecule has 222 valence electrons. The Morgan fingerprint density at radius 2 is 1.55 bits per heavy atom. The second-order valence-corrected chi connectivity index (χ2v) is 11.9. The van der Waals surface area contributed by atoms with Gasteiger partial charge in [0.05, 0.1) is 16.9 Å². The topological polar surface area (TPSA) is 117 Å². The summed E-state index contributed by atoms with van der Waals surface area (Å²) in [4.78, 5) is 51.5. The number of piperazine rings is 1. The van der Waals surface area contributed by atoms with Crippen molar-refractivity contribution in [3.63, 3.8) is 0 Å². The first kappa shape index (κ1) is 30.3. The first-order valence-electron chi connectivity index (χ1n) is 13.8. The molecule has 0 bridgehead atoms. The van der Waals surface area contributed by atoms with Gasteiger partial charge in [0.15, 0.2) is 0 Å². The molecule has 0 saturated carbocycles. The summed E-state index contributed by atoms with van der Waals surface area (Å²) >= 11 is 0. The van der Waals surface area contributed by atoms with Crippen molar-refractivity contribution in [2.75, 3.05) is 36.1 Å². The largest absolute Gasteiger partial charge is 0.444 e. The SMILES string of the molecule is CC(C)(C)OC(=O)NN(C(=O)c1ccc(N2CCN(C(=O)OC(C)(C)C)CC2)nc1)c1cccc(-c2ccccn2)c1. The highest BCUT2D eigenvalue weighted by Crippen LogP contribution is 2.25. The summed E-state index contributed by atoms with van der Waals surface area (Å²) in [7, 11) is 0. The number of hydrogen-bond donors (Lipinski definition) is 1. The summed E-state index contributed by atoms with van der Waals surface area (Å²) in [6.45, 7) is 12.9. The van der Waals surface area contributed by atoms with Gasteiger partial charge in [0, 0.05) is 44.1 Å². The molecule has 3 aromatic rings. The number of pyridine rings is 2. The smallest absolute Gasteiger partial charge is 0.427 e. The van der Waals surface area contributed by atoms with Gasteiger partial charge in [-0.15, -0.1) is 0 Å². The zero-order valence-corrected chi connectivity index (χ0v) is 25.0. The zero-order valence-electron chi connectivity index (χ0n) is 25.0. The number of nitrogens with zero attached hydrogens (tertiary/aromatic N) is 5. The highest BCUT2D eigenvalue weighted by Gasteiger charge is 2.28. The third-order valence-electron chi connectivity index (χ3n) is 6.12. The molecular weight excluding hydrogens is 536 g/mol. The Bertz CT molecular complexity index is 1390. The molecule has 3 amide bonds. The fraction of sp³-hybridized carbons (Fsp3) is 0.387. The number of aromatic nitrogens is 2. The molecule has 3 heterocycles. The van der Waals surface area contributed by atoms with Gasteiger partial charge >= 0.3 is 12.2 Å². The number of amides is 3. The fourth-order valence-corrected chi connectivity index (χ4v) is 4.24. The molecule has 0 aliphatic carbocycles. The van der Waals surface area contributed by atoms with Gasteiger partial charge in [-0.1, -0.05) is 18.2 Å². The van der Waals surface area contributed by atoms with E-state index in [0.717, 1.165) is 16.3 Å². The normalized spacial score (nSPS) is 13.8. The van der Waals surface area contributed by atoms with Crippen LogP contribution in [0.2, 0.25) is 0 Å². The molecule has 0 spiro atoms. The number of carbonyl (C=O) groups excluding carboxylic acids is 3. The molecule has 0 atom stereocenters. The van der Waals surface area contributed by atoms with Gasteiger partial charge in [-0.05, 0) is 77.9 Å². The first-order chi connectivity index (χ1) is 19.8. The quantitative estimate of drug-likeness (QED) is 0.418. The average Bonchev–Trinajstić information content (AvgIpc) is 2.94. The number of anilines is 2. The van der Waals surface area contributed by atoms with Gasteiger partial charge in [-0.25, -0.2) is 25.0 Å². The molecule has 42 heavy (non-hydrogen) atoms. The summed E-state index contributed by atoms with van der Waals surface area (Å²) in [5, 5.41) is 1.15. The van der Waals surface area contributed by atoms with E-state index in [0.29, 0.717) is 37.7 Å². The third kappa shape index (κ3) is 8.18. The van der Waals surface area contributed by atoms with Crippen molar-refractivity contribution in [2.45, 2.75) is 52.7 Å².